The fourth-order valence-corrected chi connectivity index (χ4v) is 5.04. The van der Waals surface area contributed by atoms with Gasteiger partial charge in [0, 0.05) is 12.1 Å². The summed E-state index contributed by atoms with van der Waals surface area (Å²) in [6.07, 6.45) is 3.51. The van der Waals surface area contributed by atoms with Crippen molar-refractivity contribution in [3.8, 4) is 0 Å². The molecule has 0 aromatic heterocycles. The fourth-order valence-electron chi connectivity index (χ4n) is 3.60. The van der Waals surface area contributed by atoms with Crippen LogP contribution in [0.25, 0.3) is 0 Å². The lowest BCUT2D eigenvalue weighted by molar-refractivity contribution is 0.0937. The van der Waals surface area contributed by atoms with Gasteiger partial charge >= 0.3 is 0 Å². The van der Waals surface area contributed by atoms with Gasteiger partial charge in [0.2, 0.25) is 10.0 Å². The molecular formula is C22H29ClN2O3S. The molecule has 0 amide bonds. The third-order valence-electron chi connectivity index (χ3n) is 5.10. The predicted molar refractivity (Wildman–Crippen MR) is 118 cm³/mol. The molecule has 0 spiro atoms. The average Bonchev–Trinajstić information content (AvgIpc) is 2.70. The van der Waals surface area contributed by atoms with Crippen LogP contribution in [0, 0.1) is 0 Å². The second kappa shape index (κ2) is 10.9. The van der Waals surface area contributed by atoms with E-state index in [0.29, 0.717) is 12.0 Å². The van der Waals surface area contributed by atoms with Crippen molar-refractivity contribution in [3.63, 3.8) is 0 Å². The van der Waals surface area contributed by atoms with Crippen LogP contribution in [0.5, 0.6) is 0 Å². The lowest BCUT2D eigenvalue weighted by Crippen LogP contribution is -2.46. The Labute approximate surface area is 180 Å². The maximum Gasteiger partial charge on any atom is 0.241 e. The van der Waals surface area contributed by atoms with E-state index < -0.39 is 16.1 Å². The van der Waals surface area contributed by atoms with Crippen LogP contribution in [0.15, 0.2) is 59.5 Å². The monoisotopic (exact) mass is 436 g/mol. The summed E-state index contributed by atoms with van der Waals surface area (Å²) in [6.45, 7) is 4.88. The molecule has 7 heteroatoms. The van der Waals surface area contributed by atoms with Gasteiger partial charge in [0.1, 0.15) is 0 Å². The maximum absolute atomic E-state index is 12.7. The van der Waals surface area contributed by atoms with Crippen LogP contribution < -0.4 is 4.72 Å². The number of halogens is 1. The Morgan fingerprint density at radius 2 is 1.62 bits per heavy atom. The van der Waals surface area contributed by atoms with Crippen LogP contribution >= 0.6 is 12.4 Å². The molecule has 0 saturated carbocycles. The van der Waals surface area contributed by atoms with Crippen LogP contribution in [0.3, 0.4) is 0 Å². The smallest absolute Gasteiger partial charge is 0.241 e. The molecule has 3 rings (SSSR count). The zero-order valence-electron chi connectivity index (χ0n) is 16.7. The summed E-state index contributed by atoms with van der Waals surface area (Å²) < 4.78 is 27.4. The SMILES string of the molecule is CCCCN(CCCC1NS(=O)(=O)c2ccccc2C1=O)Cc1ccccc1.Cl. The van der Waals surface area contributed by atoms with Crippen molar-refractivity contribution >= 4 is 28.2 Å². The summed E-state index contributed by atoms with van der Waals surface area (Å²) >= 11 is 0. The number of benzene rings is 2. The van der Waals surface area contributed by atoms with Gasteiger partial charge in [-0.25, -0.2) is 13.1 Å². The summed E-state index contributed by atoms with van der Waals surface area (Å²) in [4.78, 5) is 15.2. The molecule has 1 N–H and O–H groups in total. The van der Waals surface area contributed by atoms with Gasteiger partial charge in [-0.2, -0.15) is 0 Å². The number of ketones is 1. The highest BCUT2D eigenvalue weighted by molar-refractivity contribution is 7.89. The highest BCUT2D eigenvalue weighted by Crippen LogP contribution is 2.24. The molecule has 1 aliphatic heterocycles. The van der Waals surface area contributed by atoms with Crippen LogP contribution in [-0.2, 0) is 16.6 Å². The minimum atomic E-state index is -3.62. The number of hydrogen-bond acceptors (Lipinski definition) is 4. The molecule has 0 bridgehead atoms. The number of nitrogens with one attached hydrogen (secondary N) is 1. The Morgan fingerprint density at radius 1 is 0.966 bits per heavy atom. The van der Waals surface area contributed by atoms with Crippen molar-refractivity contribution in [3.05, 3.63) is 65.7 Å². The third-order valence-corrected chi connectivity index (χ3v) is 6.63. The van der Waals surface area contributed by atoms with Gasteiger partial charge in [-0.15, -0.1) is 12.4 Å². The summed E-state index contributed by atoms with van der Waals surface area (Å²) in [6, 6.07) is 16.1. The molecule has 29 heavy (non-hydrogen) atoms. The predicted octanol–water partition coefficient (Wildman–Crippen LogP) is 4.03. The van der Waals surface area contributed by atoms with Gasteiger partial charge in [-0.1, -0.05) is 55.8 Å². The molecule has 0 fully saturated rings. The van der Waals surface area contributed by atoms with E-state index >= 15 is 0 Å². The van der Waals surface area contributed by atoms with E-state index in [2.05, 4.69) is 28.7 Å². The zero-order valence-corrected chi connectivity index (χ0v) is 18.3. The molecule has 1 heterocycles. The summed E-state index contributed by atoms with van der Waals surface area (Å²) in [5.41, 5.74) is 1.57. The first kappa shape index (κ1) is 23.5. The van der Waals surface area contributed by atoms with E-state index in [4.69, 9.17) is 0 Å². The molecule has 1 aliphatic rings. The molecule has 158 valence electrons. The topological polar surface area (TPSA) is 66.5 Å². The Hall–Kier alpha value is -1.73. The fraction of sp³-hybridized carbons (Fsp3) is 0.409. The van der Waals surface area contributed by atoms with Crippen LogP contribution in [0.2, 0.25) is 0 Å². The molecule has 0 radical (unpaired) electrons. The normalized spacial score (nSPS) is 17.6. The molecule has 1 unspecified atom stereocenters. The summed E-state index contributed by atoms with van der Waals surface area (Å²) in [5, 5.41) is 0. The van der Waals surface area contributed by atoms with Crippen molar-refractivity contribution in [2.75, 3.05) is 13.1 Å². The van der Waals surface area contributed by atoms with Crippen molar-refractivity contribution in [1.82, 2.24) is 9.62 Å². The third kappa shape index (κ3) is 6.12. The van der Waals surface area contributed by atoms with Crippen LogP contribution in [0.1, 0.15) is 48.5 Å². The Kier molecular flexibility index (Phi) is 8.83. The molecule has 5 nitrogen and oxygen atoms in total. The highest BCUT2D eigenvalue weighted by atomic mass is 35.5. The average molecular weight is 437 g/mol. The minimum absolute atomic E-state index is 0. The quantitative estimate of drug-likeness (QED) is 0.644. The molecule has 2 aromatic carbocycles. The van der Waals surface area contributed by atoms with Gasteiger partial charge in [-0.05, 0) is 50.0 Å². The number of unbranched alkanes of at least 4 members (excludes halogenated alkanes) is 1. The molecular weight excluding hydrogens is 408 g/mol. The second-order valence-corrected chi connectivity index (χ2v) is 8.97. The number of Topliss-reactive ketones (excluding diaryl/α,β-unsaturated/α-hetero) is 1. The molecule has 0 aliphatic carbocycles. The van der Waals surface area contributed by atoms with Crippen LogP contribution in [-0.4, -0.2) is 38.2 Å². The number of carbonyl (C=O) groups is 1. The van der Waals surface area contributed by atoms with E-state index in [1.54, 1.807) is 18.2 Å². The number of hydrogen-bond donors (Lipinski definition) is 1. The van der Waals surface area contributed by atoms with Crippen molar-refractivity contribution in [2.45, 2.75) is 50.1 Å². The number of rotatable bonds is 9. The zero-order chi connectivity index (χ0) is 20.0. The standard InChI is InChI=1S/C22H28N2O3S.ClH/c1-2-3-15-24(17-18-10-5-4-6-11-18)16-9-13-20-22(25)19-12-7-8-14-21(19)28(26,27)23-20;/h4-8,10-12,14,20,23H,2-3,9,13,15-17H2,1H3;1H. The number of fused-ring (bicyclic) bond motifs is 1. The second-order valence-electron chi connectivity index (χ2n) is 7.29. The van der Waals surface area contributed by atoms with Crippen LogP contribution in [0.4, 0.5) is 0 Å². The Morgan fingerprint density at radius 3 is 2.34 bits per heavy atom. The number of sulfonamides is 1. The summed E-state index contributed by atoms with van der Waals surface area (Å²) in [5.74, 6) is -0.131. The Balaban J connectivity index is 0.00000300. The van der Waals surface area contributed by atoms with Gasteiger partial charge < -0.3 is 0 Å². The van der Waals surface area contributed by atoms with Crippen molar-refractivity contribution in [1.29, 1.82) is 0 Å². The lowest BCUT2D eigenvalue weighted by Gasteiger charge is -2.26. The molecule has 0 saturated heterocycles. The van der Waals surface area contributed by atoms with E-state index in [9.17, 15) is 13.2 Å². The van der Waals surface area contributed by atoms with Gasteiger partial charge in [0.15, 0.2) is 5.78 Å². The molecule has 2 aromatic rings. The van der Waals surface area contributed by atoms with E-state index in [1.807, 2.05) is 18.2 Å². The first-order valence-electron chi connectivity index (χ1n) is 9.93. The number of carbonyl (C=O) groups excluding carboxylic acids is 1. The minimum Gasteiger partial charge on any atom is -0.299 e. The van der Waals surface area contributed by atoms with E-state index in [0.717, 1.165) is 38.9 Å². The first-order valence-corrected chi connectivity index (χ1v) is 11.4. The van der Waals surface area contributed by atoms with Crippen molar-refractivity contribution in [2.24, 2.45) is 0 Å². The lowest BCUT2D eigenvalue weighted by atomic mass is 10.0. The maximum atomic E-state index is 12.7. The van der Waals surface area contributed by atoms with E-state index in [-0.39, 0.29) is 23.1 Å². The van der Waals surface area contributed by atoms with Gasteiger partial charge in [0.05, 0.1) is 10.9 Å². The van der Waals surface area contributed by atoms with Gasteiger partial charge in [0.25, 0.3) is 0 Å². The van der Waals surface area contributed by atoms with Crippen molar-refractivity contribution < 1.29 is 13.2 Å². The molecule has 1 atom stereocenters. The van der Waals surface area contributed by atoms with Gasteiger partial charge in [-0.3, -0.25) is 9.69 Å². The highest BCUT2D eigenvalue weighted by Gasteiger charge is 2.35. The Bertz CT molecular complexity index is 903. The van der Waals surface area contributed by atoms with E-state index in [1.165, 1.54) is 11.6 Å². The summed E-state index contributed by atoms with van der Waals surface area (Å²) in [7, 11) is -3.62. The first-order chi connectivity index (χ1) is 13.5. The largest absolute Gasteiger partial charge is 0.299 e. The number of nitrogens with zero attached hydrogens (tertiary/aromatic N) is 1.